The van der Waals surface area contributed by atoms with E-state index in [1.54, 1.807) is 0 Å². The summed E-state index contributed by atoms with van der Waals surface area (Å²) in [7, 11) is 0. The molecule has 0 unspecified atom stereocenters. The zero-order valence-corrected chi connectivity index (χ0v) is 21.4. The Morgan fingerprint density at radius 3 is 1.63 bits per heavy atom. The standard InChI is InChI=1S/C35H32/c1-22-6-7-24(16-23(22)2)27-11-14-33-30(18-27)20-31-19-28(12-15-34(31)33)25-8-9-29-21-32(35(3,4)5)13-10-26(29)17-25/h6-19,21H,20H2,1-5H3. The van der Waals surface area contributed by atoms with Crippen LogP contribution in [0.1, 0.15) is 48.6 Å². The number of fused-ring (bicyclic) bond motifs is 4. The predicted octanol–water partition coefficient (Wildman–Crippen LogP) is 9.66. The van der Waals surface area contributed by atoms with Gasteiger partial charge in [-0.15, -0.1) is 0 Å². The fraction of sp³-hybridized carbons (Fsp3) is 0.200. The Balaban J connectivity index is 1.33. The summed E-state index contributed by atoms with van der Waals surface area (Å²) in [5, 5.41) is 2.62. The highest BCUT2D eigenvalue weighted by atomic mass is 14.2. The Labute approximate surface area is 209 Å². The molecule has 1 aliphatic carbocycles. The van der Waals surface area contributed by atoms with Crippen molar-refractivity contribution in [1.29, 1.82) is 0 Å². The lowest BCUT2D eigenvalue weighted by Gasteiger charge is -2.19. The van der Waals surface area contributed by atoms with Crippen LogP contribution in [0.4, 0.5) is 0 Å². The number of benzene rings is 5. The third-order valence-corrected chi connectivity index (χ3v) is 7.76. The molecule has 1 aliphatic rings. The highest BCUT2D eigenvalue weighted by molar-refractivity contribution is 5.89. The summed E-state index contributed by atoms with van der Waals surface area (Å²) < 4.78 is 0. The molecule has 0 amide bonds. The molecule has 0 aromatic heterocycles. The van der Waals surface area contributed by atoms with E-state index in [0.29, 0.717) is 0 Å². The highest BCUT2D eigenvalue weighted by Gasteiger charge is 2.20. The first-order valence-electron chi connectivity index (χ1n) is 12.6. The first-order valence-corrected chi connectivity index (χ1v) is 12.6. The summed E-state index contributed by atoms with van der Waals surface area (Å²) in [4.78, 5) is 0. The fourth-order valence-corrected chi connectivity index (χ4v) is 5.38. The van der Waals surface area contributed by atoms with Crippen LogP contribution in [0.2, 0.25) is 0 Å². The molecule has 0 saturated carbocycles. The molecular weight excluding hydrogens is 420 g/mol. The molecular formula is C35H32. The summed E-state index contributed by atoms with van der Waals surface area (Å²) in [6.45, 7) is 11.2. The van der Waals surface area contributed by atoms with E-state index in [2.05, 4.69) is 126 Å². The maximum Gasteiger partial charge on any atom is -0.00130 e. The van der Waals surface area contributed by atoms with Crippen LogP contribution in [-0.2, 0) is 11.8 Å². The van der Waals surface area contributed by atoms with Crippen molar-refractivity contribution in [1.82, 2.24) is 0 Å². The average Bonchev–Trinajstić information content (AvgIpc) is 3.21. The largest absolute Gasteiger partial charge is 0.0584 e. The Kier molecular flexibility index (Phi) is 4.97. The molecule has 0 heterocycles. The Morgan fingerprint density at radius 2 is 1.00 bits per heavy atom. The van der Waals surface area contributed by atoms with Crippen molar-refractivity contribution in [3.05, 3.63) is 119 Å². The summed E-state index contributed by atoms with van der Waals surface area (Å²) >= 11 is 0. The lowest BCUT2D eigenvalue weighted by molar-refractivity contribution is 0.591. The van der Waals surface area contributed by atoms with Crippen LogP contribution in [0, 0.1) is 13.8 Å². The minimum absolute atomic E-state index is 0.167. The van der Waals surface area contributed by atoms with E-state index in [1.165, 1.54) is 72.0 Å². The molecule has 0 radical (unpaired) electrons. The number of hydrogen-bond acceptors (Lipinski definition) is 0. The molecule has 0 N–H and O–H groups in total. The van der Waals surface area contributed by atoms with Gasteiger partial charge in [-0.05, 0) is 104 Å². The average molecular weight is 453 g/mol. The van der Waals surface area contributed by atoms with E-state index in [0.717, 1.165) is 6.42 Å². The van der Waals surface area contributed by atoms with Crippen molar-refractivity contribution in [3.63, 3.8) is 0 Å². The minimum atomic E-state index is 0.167. The summed E-state index contributed by atoms with van der Waals surface area (Å²) in [6, 6.07) is 34.5. The van der Waals surface area contributed by atoms with E-state index < -0.39 is 0 Å². The summed E-state index contributed by atoms with van der Waals surface area (Å²) in [5.41, 5.74) is 15.1. The number of aryl methyl sites for hydroxylation is 2. The van der Waals surface area contributed by atoms with Crippen molar-refractivity contribution in [2.24, 2.45) is 0 Å². The van der Waals surface area contributed by atoms with Gasteiger partial charge in [0.25, 0.3) is 0 Å². The highest BCUT2D eigenvalue weighted by Crippen LogP contribution is 2.41. The molecule has 0 bridgehead atoms. The van der Waals surface area contributed by atoms with Crippen molar-refractivity contribution in [2.75, 3.05) is 0 Å². The molecule has 35 heavy (non-hydrogen) atoms. The summed E-state index contributed by atoms with van der Waals surface area (Å²) in [6.07, 6.45) is 1.000. The van der Waals surface area contributed by atoms with E-state index >= 15 is 0 Å². The lowest BCUT2D eigenvalue weighted by Crippen LogP contribution is -2.10. The van der Waals surface area contributed by atoms with Gasteiger partial charge in [0.2, 0.25) is 0 Å². The maximum absolute atomic E-state index is 2.40. The monoisotopic (exact) mass is 452 g/mol. The van der Waals surface area contributed by atoms with E-state index in [4.69, 9.17) is 0 Å². The van der Waals surface area contributed by atoms with E-state index in [-0.39, 0.29) is 5.41 Å². The van der Waals surface area contributed by atoms with Crippen LogP contribution in [0.3, 0.4) is 0 Å². The predicted molar refractivity (Wildman–Crippen MR) is 151 cm³/mol. The molecule has 0 atom stereocenters. The molecule has 0 spiro atoms. The molecule has 0 fully saturated rings. The third-order valence-electron chi connectivity index (χ3n) is 7.76. The lowest BCUT2D eigenvalue weighted by atomic mass is 9.85. The maximum atomic E-state index is 2.40. The second kappa shape index (κ2) is 7.95. The van der Waals surface area contributed by atoms with Crippen molar-refractivity contribution in [2.45, 2.75) is 46.5 Å². The van der Waals surface area contributed by atoms with Gasteiger partial charge in [-0.25, -0.2) is 0 Å². The van der Waals surface area contributed by atoms with E-state index in [1.807, 2.05) is 0 Å². The topological polar surface area (TPSA) is 0 Å². The van der Waals surface area contributed by atoms with Gasteiger partial charge in [-0.2, -0.15) is 0 Å². The van der Waals surface area contributed by atoms with Gasteiger partial charge in [0.1, 0.15) is 0 Å². The van der Waals surface area contributed by atoms with E-state index in [9.17, 15) is 0 Å². The quantitative estimate of drug-likeness (QED) is 0.245. The first kappa shape index (κ1) is 21.9. The molecule has 0 heteroatoms. The Morgan fingerprint density at radius 1 is 0.486 bits per heavy atom. The van der Waals surface area contributed by atoms with Crippen LogP contribution in [0.5, 0.6) is 0 Å². The van der Waals surface area contributed by atoms with Crippen LogP contribution in [0.25, 0.3) is 44.2 Å². The van der Waals surface area contributed by atoms with Gasteiger partial charge in [0.05, 0.1) is 0 Å². The first-order chi connectivity index (χ1) is 16.8. The SMILES string of the molecule is Cc1ccc(-c2ccc3c(c2)Cc2cc(-c4ccc5cc(C(C)(C)C)ccc5c4)ccc2-3)cc1C. The van der Waals surface area contributed by atoms with Crippen molar-refractivity contribution < 1.29 is 0 Å². The number of hydrogen-bond donors (Lipinski definition) is 0. The molecule has 5 aromatic rings. The zero-order chi connectivity index (χ0) is 24.3. The van der Waals surface area contributed by atoms with Gasteiger partial charge in [0, 0.05) is 0 Å². The molecule has 0 aliphatic heterocycles. The molecule has 5 aromatic carbocycles. The molecule has 0 nitrogen and oxygen atoms in total. The van der Waals surface area contributed by atoms with Crippen LogP contribution < -0.4 is 0 Å². The van der Waals surface area contributed by atoms with Crippen LogP contribution in [0.15, 0.2) is 91.0 Å². The third kappa shape index (κ3) is 3.88. The second-order valence-electron chi connectivity index (χ2n) is 11.2. The fourth-order valence-electron chi connectivity index (χ4n) is 5.38. The molecule has 0 saturated heterocycles. The summed E-state index contributed by atoms with van der Waals surface area (Å²) in [5.74, 6) is 0. The normalized spacial score (nSPS) is 12.6. The Bertz CT molecular complexity index is 1610. The van der Waals surface area contributed by atoms with Gasteiger partial charge >= 0.3 is 0 Å². The van der Waals surface area contributed by atoms with Gasteiger partial charge in [-0.1, -0.05) is 106 Å². The zero-order valence-electron chi connectivity index (χ0n) is 21.4. The van der Waals surface area contributed by atoms with Gasteiger partial charge in [-0.3, -0.25) is 0 Å². The van der Waals surface area contributed by atoms with Gasteiger partial charge in [0.15, 0.2) is 0 Å². The minimum Gasteiger partial charge on any atom is -0.0584 e. The van der Waals surface area contributed by atoms with Crippen LogP contribution >= 0.6 is 0 Å². The van der Waals surface area contributed by atoms with Crippen LogP contribution in [-0.4, -0.2) is 0 Å². The second-order valence-corrected chi connectivity index (χ2v) is 11.2. The van der Waals surface area contributed by atoms with Gasteiger partial charge < -0.3 is 0 Å². The van der Waals surface area contributed by atoms with Crippen molar-refractivity contribution >= 4 is 10.8 Å². The Hall–Kier alpha value is -3.64. The molecule has 172 valence electrons. The molecule has 6 rings (SSSR count). The van der Waals surface area contributed by atoms with Crippen molar-refractivity contribution in [3.8, 4) is 33.4 Å². The smallest absolute Gasteiger partial charge is 0.00130 e. The number of rotatable bonds is 2.